The number of carbonyl (C=O) groups is 2. The zero-order chi connectivity index (χ0) is 15.1. The summed E-state index contributed by atoms with van der Waals surface area (Å²) in [6.45, 7) is 6.90. The molecule has 110 valence electrons. The van der Waals surface area contributed by atoms with E-state index in [9.17, 15) is 9.59 Å². The summed E-state index contributed by atoms with van der Waals surface area (Å²) < 4.78 is 0. The van der Waals surface area contributed by atoms with Crippen molar-refractivity contribution in [1.82, 2.24) is 10.6 Å². The second-order valence-electron chi connectivity index (χ2n) is 5.28. The number of rotatable bonds is 6. The third kappa shape index (κ3) is 5.30. The Kier molecular flexibility index (Phi) is 6.03. The van der Waals surface area contributed by atoms with Crippen LogP contribution < -0.4 is 16.4 Å². The highest BCUT2D eigenvalue weighted by Gasteiger charge is 2.08. The summed E-state index contributed by atoms with van der Waals surface area (Å²) in [6.07, 6.45) is 0.284. The molecule has 4 N–H and O–H groups in total. The number of aryl methyl sites for hydroxylation is 1. The van der Waals surface area contributed by atoms with Gasteiger partial charge in [0.2, 0.25) is 5.91 Å². The Morgan fingerprint density at radius 2 is 1.95 bits per heavy atom. The second kappa shape index (κ2) is 7.53. The number of benzene rings is 1. The summed E-state index contributed by atoms with van der Waals surface area (Å²) in [5.41, 5.74) is 7.79. The summed E-state index contributed by atoms with van der Waals surface area (Å²) in [7, 11) is 0. The Hall–Kier alpha value is -2.04. The molecule has 0 aliphatic heterocycles. The van der Waals surface area contributed by atoms with E-state index in [0.717, 1.165) is 5.56 Å². The molecule has 0 spiro atoms. The van der Waals surface area contributed by atoms with E-state index in [1.807, 2.05) is 20.8 Å². The molecular weight excluding hydrogens is 254 g/mol. The summed E-state index contributed by atoms with van der Waals surface area (Å²) in [5.74, 6) is 0.184. The maximum atomic E-state index is 11.9. The van der Waals surface area contributed by atoms with Gasteiger partial charge >= 0.3 is 0 Å². The molecule has 20 heavy (non-hydrogen) atoms. The molecule has 0 heterocycles. The fourth-order valence-electron chi connectivity index (χ4n) is 1.61. The average Bonchev–Trinajstić information content (AvgIpc) is 2.39. The molecule has 0 aliphatic rings. The molecule has 2 amide bonds. The predicted octanol–water partition coefficient (Wildman–Crippen LogP) is 1.47. The van der Waals surface area contributed by atoms with E-state index in [4.69, 9.17) is 5.73 Å². The van der Waals surface area contributed by atoms with E-state index in [-0.39, 0.29) is 18.2 Å². The van der Waals surface area contributed by atoms with Gasteiger partial charge in [-0.3, -0.25) is 9.59 Å². The maximum absolute atomic E-state index is 11.9. The first-order valence-electron chi connectivity index (χ1n) is 6.81. The van der Waals surface area contributed by atoms with Gasteiger partial charge in [0, 0.05) is 30.8 Å². The van der Waals surface area contributed by atoms with E-state index in [0.29, 0.717) is 30.3 Å². The van der Waals surface area contributed by atoms with E-state index in [1.165, 1.54) is 0 Å². The lowest BCUT2D eigenvalue weighted by molar-refractivity contribution is -0.121. The quantitative estimate of drug-likeness (QED) is 0.688. The number of amides is 2. The minimum absolute atomic E-state index is 0.0486. The standard InChI is InChI=1S/C15H23N3O2/c1-10(2)9-18-14(19)6-7-17-15(20)12-4-5-13(16)11(3)8-12/h4-5,8,10H,6-7,9,16H2,1-3H3,(H,17,20)(H,18,19). The molecule has 0 aromatic heterocycles. The molecular formula is C15H23N3O2. The van der Waals surface area contributed by atoms with Gasteiger partial charge in [-0.05, 0) is 36.6 Å². The number of carbonyl (C=O) groups excluding carboxylic acids is 2. The van der Waals surface area contributed by atoms with E-state index in [1.54, 1.807) is 18.2 Å². The zero-order valence-corrected chi connectivity index (χ0v) is 12.3. The lowest BCUT2D eigenvalue weighted by atomic mass is 10.1. The first kappa shape index (κ1) is 16.0. The number of anilines is 1. The average molecular weight is 277 g/mol. The van der Waals surface area contributed by atoms with Crippen LogP contribution in [0.3, 0.4) is 0 Å². The van der Waals surface area contributed by atoms with Crippen LogP contribution in [0.15, 0.2) is 18.2 Å². The zero-order valence-electron chi connectivity index (χ0n) is 12.3. The molecule has 1 rings (SSSR count). The molecule has 1 aromatic carbocycles. The minimum Gasteiger partial charge on any atom is -0.399 e. The summed E-state index contributed by atoms with van der Waals surface area (Å²) >= 11 is 0. The highest BCUT2D eigenvalue weighted by molar-refractivity contribution is 5.95. The Morgan fingerprint density at radius 1 is 1.25 bits per heavy atom. The second-order valence-corrected chi connectivity index (χ2v) is 5.28. The smallest absolute Gasteiger partial charge is 0.251 e. The van der Waals surface area contributed by atoms with Crippen LogP contribution in [-0.2, 0) is 4.79 Å². The highest BCUT2D eigenvalue weighted by atomic mass is 16.2. The SMILES string of the molecule is Cc1cc(C(=O)NCCC(=O)NCC(C)C)ccc1N. The molecule has 0 atom stereocenters. The van der Waals surface area contributed by atoms with Gasteiger partial charge in [0.25, 0.3) is 5.91 Å². The molecule has 0 aliphatic carbocycles. The molecule has 5 heteroatoms. The molecule has 0 fully saturated rings. The van der Waals surface area contributed by atoms with E-state index >= 15 is 0 Å². The number of hydrogen-bond acceptors (Lipinski definition) is 3. The molecule has 0 unspecified atom stereocenters. The Labute approximate surface area is 119 Å². The van der Waals surface area contributed by atoms with Crippen molar-refractivity contribution in [3.05, 3.63) is 29.3 Å². The summed E-state index contributed by atoms with van der Waals surface area (Å²) in [4.78, 5) is 23.4. The molecule has 0 saturated heterocycles. The molecule has 1 aromatic rings. The van der Waals surface area contributed by atoms with Crippen molar-refractivity contribution in [2.45, 2.75) is 27.2 Å². The van der Waals surface area contributed by atoms with Crippen LogP contribution >= 0.6 is 0 Å². The summed E-state index contributed by atoms with van der Waals surface area (Å²) in [6, 6.07) is 5.12. The lowest BCUT2D eigenvalue weighted by Gasteiger charge is -2.09. The van der Waals surface area contributed by atoms with Crippen molar-refractivity contribution in [2.24, 2.45) is 5.92 Å². The molecule has 5 nitrogen and oxygen atoms in total. The van der Waals surface area contributed by atoms with Crippen molar-refractivity contribution >= 4 is 17.5 Å². The van der Waals surface area contributed by atoms with Crippen LogP contribution in [0.4, 0.5) is 5.69 Å². The van der Waals surface area contributed by atoms with Gasteiger partial charge < -0.3 is 16.4 Å². The third-order valence-electron chi connectivity index (χ3n) is 2.88. The Balaban J connectivity index is 2.36. The molecule has 0 saturated carbocycles. The van der Waals surface area contributed by atoms with E-state index in [2.05, 4.69) is 10.6 Å². The van der Waals surface area contributed by atoms with Crippen molar-refractivity contribution in [3.63, 3.8) is 0 Å². The number of nitrogens with one attached hydrogen (secondary N) is 2. The monoisotopic (exact) mass is 277 g/mol. The predicted molar refractivity (Wildman–Crippen MR) is 80.4 cm³/mol. The van der Waals surface area contributed by atoms with Crippen molar-refractivity contribution < 1.29 is 9.59 Å². The van der Waals surface area contributed by atoms with Crippen LogP contribution in [0, 0.1) is 12.8 Å². The first-order chi connectivity index (χ1) is 9.40. The van der Waals surface area contributed by atoms with Crippen LogP contribution in [0.1, 0.15) is 36.2 Å². The Bertz CT molecular complexity index is 484. The van der Waals surface area contributed by atoms with E-state index < -0.39 is 0 Å². The van der Waals surface area contributed by atoms with Gasteiger partial charge in [-0.1, -0.05) is 13.8 Å². The van der Waals surface area contributed by atoms with Crippen molar-refractivity contribution in [1.29, 1.82) is 0 Å². The van der Waals surface area contributed by atoms with Crippen molar-refractivity contribution in [3.8, 4) is 0 Å². The third-order valence-corrected chi connectivity index (χ3v) is 2.88. The van der Waals surface area contributed by atoms with Gasteiger partial charge in [-0.15, -0.1) is 0 Å². The summed E-state index contributed by atoms with van der Waals surface area (Å²) in [5, 5.41) is 5.53. The van der Waals surface area contributed by atoms with Crippen LogP contribution in [0.5, 0.6) is 0 Å². The van der Waals surface area contributed by atoms with Gasteiger partial charge in [0.05, 0.1) is 0 Å². The number of hydrogen-bond donors (Lipinski definition) is 3. The fraction of sp³-hybridized carbons (Fsp3) is 0.467. The maximum Gasteiger partial charge on any atom is 0.251 e. The highest BCUT2D eigenvalue weighted by Crippen LogP contribution is 2.12. The van der Waals surface area contributed by atoms with Gasteiger partial charge in [-0.25, -0.2) is 0 Å². The normalized spacial score (nSPS) is 10.4. The van der Waals surface area contributed by atoms with Crippen LogP contribution in [0.2, 0.25) is 0 Å². The van der Waals surface area contributed by atoms with Gasteiger partial charge in [-0.2, -0.15) is 0 Å². The number of nitrogens with two attached hydrogens (primary N) is 1. The minimum atomic E-state index is -0.190. The Morgan fingerprint density at radius 3 is 2.55 bits per heavy atom. The van der Waals surface area contributed by atoms with Gasteiger partial charge in [0.1, 0.15) is 0 Å². The van der Waals surface area contributed by atoms with Crippen molar-refractivity contribution in [2.75, 3.05) is 18.8 Å². The molecule has 0 radical (unpaired) electrons. The largest absolute Gasteiger partial charge is 0.399 e. The molecule has 0 bridgehead atoms. The fourth-order valence-corrected chi connectivity index (χ4v) is 1.61. The lowest BCUT2D eigenvalue weighted by Crippen LogP contribution is -2.32. The topological polar surface area (TPSA) is 84.2 Å². The van der Waals surface area contributed by atoms with Crippen LogP contribution in [-0.4, -0.2) is 24.9 Å². The first-order valence-corrected chi connectivity index (χ1v) is 6.81. The van der Waals surface area contributed by atoms with Crippen LogP contribution in [0.25, 0.3) is 0 Å². The number of nitrogen functional groups attached to an aromatic ring is 1. The van der Waals surface area contributed by atoms with Gasteiger partial charge in [0.15, 0.2) is 0 Å².